The molecule has 0 aliphatic carbocycles. The van der Waals surface area contributed by atoms with Gasteiger partial charge in [-0.05, 0) is 49.1 Å². The molecule has 1 amide bonds. The minimum Gasteiger partial charge on any atom is -0.345 e. The SMILES string of the molecule is CC(NC(=O)c1ccc(N2CCCc3ccccc32)nc1)c1ccccc1. The normalized spacial score (nSPS) is 14.3. The summed E-state index contributed by atoms with van der Waals surface area (Å²) in [5, 5.41) is 3.03. The summed E-state index contributed by atoms with van der Waals surface area (Å²) in [4.78, 5) is 19.3. The minimum absolute atomic E-state index is 0.0488. The molecule has 0 fully saturated rings. The van der Waals surface area contributed by atoms with Crippen LogP contribution in [0.2, 0.25) is 0 Å². The second kappa shape index (κ2) is 7.62. The van der Waals surface area contributed by atoms with Crippen molar-refractivity contribution < 1.29 is 4.79 Å². The van der Waals surface area contributed by atoms with Crippen molar-refractivity contribution in [3.63, 3.8) is 0 Å². The van der Waals surface area contributed by atoms with Crippen molar-refractivity contribution in [1.29, 1.82) is 0 Å². The molecular formula is C23H23N3O. The molecular weight excluding hydrogens is 334 g/mol. The molecule has 0 saturated heterocycles. The van der Waals surface area contributed by atoms with E-state index in [2.05, 4.69) is 39.5 Å². The number of carbonyl (C=O) groups excluding carboxylic acids is 1. The lowest BCUT2D eigenvalue weighted by molar-refractivity contribution is 0.0939. The van der Waals surface area contributed by atoms with E-state index < -0.39 is 0 Å². The highest BCUT2D eigenvalue weighted by Crippen LogP contribution is 2.32. The van der Waals surface area contributed by atoms with Gasteiger partial charge in [-0.3, -0.25) is 4.79 Å². The highest BCUT2D eigenvalue weighted by Gasteiger charge is 2.19. The Bertz CT molecular complexity index is 922. The third-order valence-electron chi connectivity index (χ3n) is 5.04. The molecule has 4 heteroatoms. The molecule has 0 radical (unpaired) electrons. The first kappa shape index (κ1) is 17.3. The number of aromatic nitrogens is 1. The van der Waals surface area contributed by atoms with E-state index in [1.165, 1.54) is 11.3 Å². The molecule has 27 heavy (non-hydrogen) atoms. The van der Waals surface area contributed by atoms with Crippen LogP contribution in [0.1, 0.15) is 40.9 Å². The second-order valence-electron chi connectivity index (χ2n) is 6.89. The van der Waals surface area contributed by atoms with Crippen LogP contribution in [0, 0.1) is 0 Å². The van der Waals surface area contributed by atoms with Crippen LogP contribution in [0.15, 0.2) is 72.9 Å². The maximum absolute atomic E-state index is 12.5. The number of anilines is 2. The van der Waals surface area contributed by atoms with Crippen LogP contribution in [0.25, 0.3) is 0 Å². The van der Waals surface area contributed by atoms with Crippen LogP contribution in [-0.4, -0.2) is 17.4 Å². The third-order valence-corrected chi connectivity index (χ3v) is 5.04. The maximum Gasteiger partial charge on any atom is 0.253 e. The molecule has 3 aromatic rings. The minimum atomic E-state index is -0.107. The Morgan fingerprint density at radius 2 is 1.81 bits per heavy atom. The number of pyridine rings is 1. The fourth-order valence-corrected chi connectivity index (χ4v) is 3.56. The molecule has 0 saturated carbocycles. The predicted octanol–water partition coefficient (Wildman–Crippen LogP) is 4.66. The zero-order valence-electron chi connectivity index (χ0n) is 15.4. The van der Waals surface area contributed by atoms with Gasteiger partial charge >= 0.3 is 0 Å². The van der Waals surface area contributed by atoms with Gasteiger partial charge in [0.05, 0.1) is 11.6 Å². The molecule has 4 rings (SSSR count). The van der Waals surface area contributed by atoms with Crippen molar-refractivity contribution in [3.05, 3.63) is 89.6 Å². The molecule has 1 aliphatic heterocycles. The summed E-state index contributed by atoms with van der Waals surface area (Å²) in [6.07, 6.45) is 3.87. The van der Waals surface area contributed by atoms with Gasteiger partial charge < -0.3 is 10.2 Å². The average Bonchev–Trinajstić information content (AvgIpc) is 2.74. The number of nitrogens with zero attached hydrogens (tertiary/aromatic N) is 2. The number of para-hydroxylation sites is 1. The van der Waals surface area contributed by atoms with Crippen LogP contribution >= 0.6 is 0 Å². The molecule has 0 spiro atoms. The Morgan fingerprint density at radius 1 is 1.04 bits per heavy atom. The van der Waals surface area contributed by atoms with E-state index in [0.29, 0.717) is 5.56 Å². The van der Waals surface area contributed by atoms with E-state index in [1.807, 2.05) is 49.4 Å². The first-order chi connectivity index (χ1) is 13.2. The average molecular weight is 357 g/mol. The van der Waals surface area contributed by atoms with Crippen LogP contribution in [-0.2, 0) is 6.42 Å². The Hall–Kier alpha value is -3.14. The number of rotatable bonds is 4. The number of amides is 1. The molecule has 1 aromatic heterocycles. The lowest BCUT2D eigenvalue weighted by Crippen LogP contribution is -2.27. The summed E-state index contributed by atoms with van der Waals surface area (Å²) in [5.74, 6) is 0.777. The molecule has 136 valence electrons. The number of nitrogens with one attached hydrogen (secondary N) is 1. The summed E-state index contributed by atoms with van der Waals surface area (Å²) < 4.78 is 0. The Morgan fingerprint density at radius 3 is 2.59 bits per heavy atom. The highest BCUT2D eigenvalue weighted by molar-refractivity contribution is 5.94. The fourth-order valence-electron chi connectivity index (χ4n) is 3.56. The first-order valence-electron chi connectivity index (χ1n) is 9.40. The van der Waals surface area contributed by atoms with Gasteiger partial charge in [0.25, 0.3) is 5.91 Å². The van der Waals surface area contributed by atoms with Crippen LogP contribution in [0.4, 0.5) is 11.5 Å². The van der Waals surface area contributed by atoms with E-state index in [-0.39, 0.29) is 11.9 Å². The van der Waals surface area contributed by atoms with Crippen molar-refractivity contribution in [3.8, 4) is 0 Å². The molecule has 4 nitrogen and oxygen atoms in total. The predicted molar refractivity (Wildman–Crippen MR) is 108 cm³/mol. The van der Waals surface area contributed by atoms with E-state index in [9.17, 15) is 4.79 Å². The number of hydrogen-bond acceptors (Lipinski definition) is 3. The number of hydrogen-bond donors (Lipinski definition) is 1. The standard InChI is InChI=1S/C23H23N3O/c1-17(18-8-3-2-4-9-18)25-23(27)20-13-14-22(24-16-20)26-15-7-11-19-10-5-6-12-21(19)26/h2-6,8-10,12-14,16-17H,7,11,15H2,1H3,(H,25,27). The first-order valence-corrected chi connectivity index (χ1v) is 9.40. The molecule has 0 bridgehead atoms. The third kappa shape index (κ3) is 3.70. The summed E-state index contributed by atoms with van der Waals surface area (Å²) >= 11 is 0. The Balaban J connectivity index is 1.49. The van der Waals surface area contributed by atoms with Gasteiger partial charge in [0.15, 0.2) is 0 Å². The fraction of sp³-hybridized carbons (Fsp3) is 0.217. The molecule has 1 N–H and O–H groups in total. The smallest absolute Gasteiger partial charge is 0.253 e. The monoisotopic (exact) mass is 357 g/mol. The van der Waals surface area contributed by atoms with Crippen LogP contribution < -0.4 is 10.2 Å². The largest absolute Gasteiger partial charge is 0.345 e. The molecule has 2 heterocycles. The van der Waals surface area contributed by atoms with Gasteiger partial charge in [-0.25, -0.2) is 4.98 Å². The zero-order valence-corrected chi connectivity index (χ0v) is 15.4. The van der Waals surface area contributed by atoms with Crippen molar-refractivity contribution in [2.24, 2.45) is 0 Å². The van der Waals surface area contributed by atoms with E-state index in [0.717, 1.165) is 30.8 Å². The topological polar surface area (TPSA) is 45.2 Å². The molecule has 1 atom stereocenters. The van der Waals surface area contributed by atoms with Gasteiger partial charge in [0.1, 0.15) is 5.82 Å². The quantitative estimate of drug-likeness (QED) is 0.739. The summed E-state index contributed by atoms with van der Waals surface area (Å²) in [6.45, 7) is 2.93. The van der Waals surface area contributed by atoms with Crippen molar-refractivity contribution in [2.45, 2.75) is 25.8 Å². The number of fused-ring (bicyclic) bond motifs is 1. The Labute approximate surface area is 159 Å². The maximum atomic E-state index is 12.5. The molecule has 1 unspecified atom stereocenters. The van der Waals surface area contributed by atoms with E-state index in [4.69, 9.17) is 0 Å². The number of aryl methyl sites for hydroxylation is 1. The van der Waals surface area contributed by atoms with Gasteiger partial charge in [0, 0.05) is 18.4 Å². The second-order valence-corrected chi connectivity index (χ2v) is 6.89. The van der Waals surface area contributed by atoms with Crippen molar-refractivity contribution in [1.82, 2.24) is 10.3 Å². The molecule has 1 aliphatic rings. The van der Waals surface area contributed by atoms with Gasteiger partial charge in [-0.15, -0.1) is 0 Å². The van der Waals surface area contributed by atoms with Gasteiger partial charge in [0.2, 0.25) is 0 Å². The lowest BCUT2D eigenvalue weighted by Gasteiger charge is -2.30. The summed E-state index contributed by atoms with van der Waals surface area (Å²) in [5.41, 5.74) is 4.22. The van der Waals surface area contributed by atoms with Crippen LogP contribution in [0.5, 0.6) is 0 Å². The van der Waals surface area contributed by atoms with Crippen LogP contribution in [0.3, 0.4) is 0 Å². The zero-order chi connectivity index (χ0) is 18.6. The van der Waals surface area contributed by atoms with Crippen molar-refractivity contribution in [2.75, 3.05) is 11.4 Å². The number of carbonyl (C=O) groups is 1. The highest BCUT2D eigenvalue weighted by atomic mass is 16.1. The Kier molecular flexibility index (Phi) is 4.88. The summed E-state index contributed by atoms with van der Waals surface area (Å²) in [6, 6.07) is 22.1. The lowest BCUT2D eigenvalue weighted by atomic mass is 10.0. The van der Waals surface area contributed by atoms with Gasteiger partial charge in [-0.1, -0.05) is 48.5 Å². The molecule has 2 aromatic carbocycles. The van der Waals surface area contributed by atoms with E-state index in [1.54, 1.807) is 6.20 Å². The van der Waals surface area contributed by atoms with Crippen molar-refractivity contribution >= 4 is 17.4 Å². The van der Waals surface area contributed by atoms with Gasteiger partial charge in [-0.2, -0.15) is 0 Å². The number of benzene rings is 2. The van der Waals surface area contributed by atoms with E-state index >= 15 is 0 Å². The summed E-state index contributed by atoms with van der Waals surface area (Å²) in [7, 11) is 0.